The highest BCUT2D eigenvalue weighted by atomic mass is 16.5. The molecule has 0 radical (unpaired) electrons. The first-order valence-electron chi connectivity index (χ1n) is 5.90. The van der Waals surface area contributed by atoms with Crippen molar-refractivity contribution in [2.24, 2.45) is 0 Å². The van der Waals surface area contributed by atoms with Crippen molar-refractivity contribution in [2.45, 2.75) is 32.4 Å². The van der Waals surface area contributed by atoms with E-state index >= 15 is 0 Å². The van der Waals surface area contributed by atoms with Crippen molar-refractivity contribution in [1.82, 2.24) is 10.2 Å². The van der Waals surface area contributed by atoms with Crippen molar-refractivity contribution in [1.29, 1.82) is 0 Å². The van der Waals surface area contributed by atoms with Crippen molar-refractivity contribution in [2.75, 3.05) is 39.5 Å². The molecule has 4 nitrogen and oxygen atoms in total. The number of hydrogen-bond acceptors (Lipinski definition) is 4. The van der Waals surface area contributed by atoms with Crippen LogP contribution in [-0.2, 0) is 4.74 Å². The minimum absolute atomic E-state index is 0.116. The molecule has 1 heterocycles. The summed E-state index contributed by atoms with van der Waals surface area (Å²) in [5, 5.41) is 12.0. The van der Waals surface area contributed by atoms with E-state index in [9.17, 15) is 0 Å². The predicted molar refractivity (Wildman–Crippen MR) is 61.0 cm³/mol. The zero-order valence-electron chi connectivity index (χ0n) is 9.91. The fourth-order valence-electron chi connectivity index (χ4n) is 1.92. The van der Waals surface area contributed by atoms with Crippen molar-refractivity contribution in [3.05, 3.63) is 0 Å². The topological polar surface area (TPSA) is 44.7 Å². The summed E-state index contributed by atoms with van der Waals surface area (Å²) in [6.45, 7) is 8.98. The average Bonchev–Trinajstić information content (AvgIpc) is 2.66. The highest BCUT2D eigenvalue weighted by Gasteiger charge is 2.23. The van der Waals surface area contributed by atoms with Gasteiger partial charge in [-0.3, -0.25) is 4.90 Å². The quantitative estimate of drug-likeness (QED) is 0.591. The molecule has 1 rings (SSSR count). The Morgan fingerprint density at radius 2 is 2.27 bits per heavy atom. The molecule has 1 saturated heterocycles. The van der Waals surface area contributed by atoms with Crippen LogP contribution in [0.5, 0.6) is 0 Å². The van der Waals surface area contributed by atoms with Crippen LogP contribution in [0.2, 0.25) is 0 Å². The summed E-state index contributed by atoms with van der Waals surface area (Å²) in [5.74, 6) is 0. The number of rotatable bonds is 7. The molecule has 15 heavy (non-hydrogen) atoms. The SMILES string of the molecule is CC(C)N1CCC(NCCOCCO)C1. The van der Waals surface area contributed by atoms with Crippen molar-refractivity contribution in [3.63, 3.8) is 0 Å². The van der Waals surface area contributed by atoms with Gasteiger partial charge in [-0.25, -0.2) is 0 Å². The van der Waals surface area contributed by atoms with E-state index in [1.54, 1.807) is 0 Å². The molecule has 1 atom stereocenters. The minimum atomic E-state index is 0.116. The van der Waals surface area contributed by atoms with Gasteiger partial charge in [0.2, 0.25) is 0 Å². The van der Waals surface area contributed by atoms with E-state index < -0.39 is 0 Å². The number of nitrogens with zero attached hydrogens (tertiary/aromatic N) is 1. The monoisotopic (exact) mass is 216 g/mol. The van der Waals surface area contributed by atoms with Crippen molar-refractivity contribution >= 4 is 0 Å². The molecule has 1 aliphatic rings. The van der Waals surface area contributed by atoms with Gasteiger partial charge >= 0.3 is 0 Å². The normalized spacial score (nSPS) is 22.8. The molecular formula is C11H24N2O2. The largest absolute Gasteiger partial charge is 0.394 e. The van der Waals surface area contributed by atoms with Gasteiger partial charge in [-0.15, -0.1) is 0 Å². The van der Waals surface area contributed by atoms with Crippen LogP contribution >= 0.6 is 0 Å². The lowest BCUT2D eigenvalue weighted by Crippen LogP contribution is -2.36. The fraction of sp³-hybridized carbons (Fsp3) is 1.00. The van der Waals surface area contributed by atoms with Crippen LogP contribution in [-0.4, -0.2) is 61.5 Å². The third kappa shape index (κ3) is 4.93. The maximum absolute atomic E-state index is 8.52. The number of aliphatic hydroxyl groups excluding tert-OH is 1. The lowest BCUT2D eigenvalue weighted by atomic mass is 10.2. The van der Waals surface area contributed by atoms with E-state index in [-0.39, 0.29) is 6.61 Å². The molecule has 4 heteroatoms. The second kappa shape index (κ2) is 7.17. The van der Waals surface area contributed by atoms with Crippen LogP contribution in [0.15, 0.2) is 0 Å². The van der Waals surface area contributed by atoms with Crippen LogP contribution in [0.1, 0.15) is 20.3 Å². The summed E-state index contributed by atoms with van der Waals surface area (Å²) >= 11 is 0. The van der Waals surface area contributed by atoms with Gasteiger partial charge in [0.25, 0.3) is 0 Å². The summed E-state index contributed by atoms with van der Waals surface area (Å²) < 4.78 is 5.19. The molecule has 0 aromatic rings. The van der Waals surface area contributed by atoms with Gasteiger partial charge < -0.3 is 15.2 Å². The summed E-state index contributed by atoms with van der Waals surface area (Å²) in [5.41, 5.74) is 0. The number of likely N-dealkylation sites (tertiary alicyclic amines) is 1. The van der Waals surface area contributed by atoms with Crippen molar-refractivity contribution in [3.8, 4) is 0 Å². The van der Waals surface area contributed by atoms with Crippen LogP contribution in [0.4, 0.5) is 0 Å². The maximum Gasteiger partial charge on any atom is 0.0698 e. The molecule has 1 fully saturated rings. The van der Waals surface area contributed by atoms with Gasteiger partial charge in [-0.2, -0.15) is 0 Å². The third-order valence-electron chi connectivity index (χ3n) is 2.87. The molecule has 2 N–H and O–H groups in total. The van der Waals surface area contributed by atoms with Crippen molar-refractivity contribution < 1.29 is 9.84 Å². The van der Waals surface area contributed by atoms with Gasteiger partial charge in [0, 0.05) is 25.2 Å². The Morgan fingerprint density at radius 3 is 2.87 bits per heavy atom. The molecule has 90 valence electrons. The van der Waals surface area contributed by atoms with E-state index in [1.807, 2.05) is 0 Å². The van der Waals surface area contributed by atoms with Gasteiger partial charge in [-0.1, -0.05) is 0 Å². The van der Waals surface area contributed by atoms with E-state index in [1.165, 1.54) is 13.0 Å². The summed E-state index contributed by atoms with van der Waals surface area (Å²) in [6, 6.07) is 1.27. The maximum atomic E-state index is 8.52. The van der Waals surface area contributed by atoms with Gasteiger partial charge in [-0.05, 0) is 26.8 Å². The average molecular weight is 216 g/mol. The zero-order valence-corrected chi connectivity index (χ0v) is 9.91. The molecule has 0 aromatic heterocycles. The lowest BCUT2D eigenvalue weighted by Gasteiger charge is -2.20. The molecule has 0 spiro atoms. The molecule has 0 amide bonds. The minimum Gasteiger partial charge on any atom is -0.394 e. The number of ether oxygens (including phenoxy) is 1. The first-order valence-corrected chi connectivity index (χ1v) is 5.90. The zero-order chi connectivity index (χ0) is 11.1. The molecule has 0 saturated carbocycles. The lowest BCUT2D eigenvalue weighted by molar-refractivity contribution is 0.0926. The van der Waals surface area contributed by atoms with Crippen LogP contribution in [0.3, 0.4) is 0 Å². The van der Waals surface area contributed by atoms with Crippen LogP contribution in [0.25, 0.3) is 0 Å². The second-order valence-electron chi connectivity index (χ2n) is 4.36. The van der Waals surface area contributed by atoms with Gasteiger partial charge in [0.1, 0.15) is 0 Å². The molecule has 0 aliphatic carbocycles. The number of hydrogen-bond donors (Lipinski definition) is 2. The Morgan fingerprint density at radius 1 is 1.47 bits per heavy atom. The highest BCUT2D eigenvalue weighted by Crippen LogP contribution is 2.11. The molecule has 0 aromatic carbocycles. The van der Waals surface area contributed by atoms with Gasteiger partial charge in [0.05, 0.1) is 19.8 Å². The Balaban J connectivity index is 1.99. The number of aliphatic hydroxyl groups is 1. The Bertz CT molecular complexity index is 165. The molecule has 1 aliphatic heterocycles. The van der Waals surface area contributed by atoms with Crippen LogP contribution < -0.4 is 5.32 Å². The Labute approximate surface area is 92.6 Å². The highest BCUT2D eigenvalue weighted by molar-refractivity contribution is 4.82. The Hall–Kier alpha value is -0.160. The predicted octanol–water partition coefficient (Wildman–Crippen LogP) is 0.0676. The van der Waals surface area contributed by atoms with Gasteiger partial charge in [0.15, 0.2) is 0 Å². The molecule has 1 unspecified atom stereocenters. The fourth-order valence-corrected chi connectivity index (χ4v) is 1.92. The standard InChI is InChI=1S/C11H24N2O2/c1-10(2)13-5-3-11(9-13)12-4-7-15-8-6-14/h10-12,14H,3-9H2,1-2H3. The first-order chi connectivity index (χ1) is 7.24. The van der Waals surface area contributed by atoms with E-state index in [4.69, 9.17) is 9.84 Å². The first kappa shape index (κ1) is 12.9. The van der Waals surface area contributed by atoms with E-state index in [0.29, 0.717) is 25.3 Å². The summed E-state index contributed by atoms with van der Waals surface area (Å²) in [4.78, 5) is 2.49. The smallest absolute Gasteiger partial charge is 0.0698 e. The van der Waals surface area contributed by atoms with E-state index in [2.05, 4.69) is 24.1 Å². The second-order valence-corrected chi connectivity index (χ2v) is 4.36. The summed E-state index contributed by atoms with van der Waals surface area (Å²) in [7, 11) is 0. The van der Waals surface area contributed by atoms with Crippen LogP contribution in [0, 0.1) is 0 Å². The number of nitrogens with one attached hydrogen (secondary N) is 1. The van der Waals surface area contributed by atoms with E-state index in [0.717, 1.165) is 13.1 Å². The third-order valence-corrected chi connectivity index (χ3v) is 2.87. The summed E-state index contributed by atoms with van der Waals surface area (Å²) in [6.07, 6.45) is 1.23. The Kier molecular flexibility index (Phi) is 6.17. The molecular weight excluding hydrogens is 192 g/mol. The molecule has 0 bridgehead atoms.